The second kappa shape index (κ2) is 4.59. The Hall–Kier alpha value is -1.84. The molecular formula is C11H12O4. The molecule has 0 atom stereocenters. The zero-order valence-corrected chi connectivity index (χ0v) is 8.61. The molecule has 4 heteroatoms. The molecule has 0 spiro atoms. The molecule has 0 saturated carbocycles. The van der Waals surface area contributed by atoms with Gasteiger partial charge in [0.1, 0.15) is 5.75 Å². The monoisotopic (exact) mass is 208 g/mol. The molecule has 0 amide bonds. The van der Waals surface area contributed by atoms with Gasteiger partial charge in [-0.25, -0.2) is 0 Å². The summed E-state index contributed by atoms with van der Waals surface area (Å²) in [5.74, 6) is -0.703. The van der Waals surface area contributed by atoms with Gasteiger partial charge in [0.15, 0.2) is 5.78 Å². The van der Waals surface area contributed by atoms with Crippen LogP contribution in [0.3, 0.4) is 0 Å². The van der Waals surface area contributed by atoms with Crippen molar-refractivity contribution in [3.8, 4) is 5.75 Å². The molecule has 0 aliphatic rings. The minimum absolute atomic E-state index is 0.0856. The minimum atomic E-state index is -0.384. The molecule has 1 N–H and O–H groups in total. The van der Waals surface area contributed by atoms with Crippen molar-refractivity contribution in [2.75, 3.05) is 7.11 Å². The van der Waals surface area contributed by atoms with Gasteiger partial charge in [-0.1, -0.05) is 6.07 Å². The first kappa shape index (κ1) is 11.2. The highest BCUT2D eigenvalue weighted by Crippen LogP contribution is 2.19. The average molecular weight is 208 g/mol. The fourth-order valence-corrected chi connectivity index (χ4v) is 1.22. The van der Waals surface area contributed by atoms with Crippen molar-refractivity contribution in [2.45, 2.75) is 13.3 Å². The highest BCUT2D eigenvalue weighted by molar-refractivity contribution is 5.96. The van der Waals surface area contributed by atoms with E-state index in [1.807, 2.05) is 0 Å². The van der Waals surface area contributed by atoms with Gasteiger partial charge in [0.25, 0.3) is 0 Å². The molecule has 1 aromatic rings. The Kier molecular flexibility index (Phi) is 3.44. The Labute approximate surface area is 87.5 Å². The van der Waals surface area contributed by atoms with Gasteiger partial charge in [0.2, 0.25) is 0 Å². The molecule has 0 unspecified atom stereocenters. The van der Waals surface area contributed by atoms with Crippen LogP contribution in [0.15, 0.2) is 18.2 Å². The number of phenolic OH excluding ortho intramolecular Hbond substituents is 1. The number of benzene rings is 1. The Balaban J connectivity index is 2.91. The lowest BCUT2D eigenvalue weighted by Crippen LogP contribution is -2.04. The second-order valence-corrected chi connectivity index (χ2v) is 3.16. The summed E-state index contributed by atoms with van der Waals surface area (Å²) < 4.78 is 4.48. The van der Waals surface area contributed by atoms with Gasteiger partial charge in [-0.15, -0.1) is 0 Å². The molecule has 80 valence electrons. The van der Waals surface area contributed by atoms with Crippen LogP contribution < -0.4 is 0 Å². The normalized spacial score (nSPS) is 9.73. The van der Waals surface area contributed by atoms with E-state index >= 15 is 0 Å². The fraction of sp³-hybridized carbons (Fsp3) is 0.273. The summed E-state index contributed by atoms with van der Waals surface area (Å²) >= 11 is 0. The summed E-state index contributed by atoms with van der Waals surface area (Å²) in [7, 11) is 1.30. The number of Topliss-reactive ketones (excluding diaryl/α,β-unsaturated/α-hetero) is 1. The van der Waals surface area contributed by atoms with Crippen molar-refractivity contribution in [1.29, 1.82) is 0 Å². The summed E-state index contributed by atoms with van der Waals surface area (Å²) in [5, 5.41) is 9.47. The molecule has 15 heavy (non-hydrogen) atoms. The van der Waals surface area contributed by atoms with E-state index in [2.05, 4.69) is 4.74 Å². The number of methoxy groups -OCH3 is 1. The van der Waals surface area contributed by atoms with Crippen LogP contribution in [0.4, 0.5) is 0 Å². The number of ketones is 1. The highest BCUT2D eigenvalue weighted by atomic mass is 16.5. The van der Waals surface area contributed by atoms with Crippen LogP contribution in [-0.4, -0.2) is 24.0 Å². The first-order chi connectivity index (χ1) is 7.04. The number of carbonyl (C=O) groups is 2. The number of carbonyl (C=O) groups excluding carboxylic acids is 2. The van der Waals surface area contributed by atoms with E-state index in [4.69, 9.17) is 0 Å². The van der Waals surface area contributed by atoms with Crippen molar-refractivity contribution < 1.29 is 19.4 Å². The minimum Gasteiger partial charge on any atom is -0.507 e. The van der Waals surface area contributed by atoms with Crippen LogP contribution in [-0.2, 0) is 16.0 Å². The van der Waals surface area contributed by atoms with Crippen molar-refractivity contribution in [2.24, 2.45) is 0 Å². The highest BCUT2D eigenvalue weighted by Gasteiger charge is 2.09. The predicted molar refractivity (Wildman–Crippen MR) is 53.8 cm³/mol. The zero-order chi connectivity index (χ0) is 11.4. The van der Waals surface area contributed by atoms with Gasteiger partial charge < -0.3 is 9.84 Å². The summed E-state index contributed by atoms with van der Waals surface area (Å²) in [6.07, 6.45) is 0.0856. The summed E-state index contributed by atoms with van der Waals surface area (Å²) in [6.45, 7) is 1.37. The Bertz CT molecular complexity index is 396. The van der Waals surface area contributed by atoms with E-state index < -0.39 is 0 Å². The van der Waals surface area contributed by atoms with Gasteiger partial charge >= 0.3 is 5.97 Å². The smallest absolute Gasteiger partial charge is 0.309 e. The molecular weight excluding hydrogens is 196 g/mol. The van der Waals surface area contributed by atoms with Gasteiger partial charge in [-0.05, 0) is 24.6 Å². The van der Waals surface area contributed by atoms with Crippen LogP contribution in [0.1, 0.15) is 22.8 Å². The zero-order valence-electron chi connectivity index (χ0n) is 8.61. The Morgan fingerprint density at radius 2 is 2.07 bits per heavy atom. The van der Waals surface area contributed by atoms with Gasteiger partial charge in [-0.3, -0.25) is 9.59 Å². The van der Waals surface area contributed by atoms with Gasteiger partial charge in [0.05, 0.1) is 19.1 Å². The lowest BCUT2D eigenvalue weighted by atomic mass is 10.1. The maximum absolute atomic E-state index is 11.0. The van der Waals surface area contributed by atoms with Gasteiger partial charge in [0, 0.05) is 0 Å². The summed E-state index contributed by atoms with van der Waals surface area (Å²) in [6, 6.07) is 4.51. The van der Waals surface area contributed by atoms with E-state index in [0.717, 1.165) is 0 Å². The fourth-order valence-electron chi connectivity index (χ4n) is 1.22. The summed E-state index contributed by atoms with van der Waals surface area (Å²) in [5.41, 5.74) is 0.868. The third-order valence-corrected chi connectivity index (χ3v) is 2.02. The molecule has 0 aliphatic carbocycles. The molecule has 0 heterocycles. The van der Waals surface area contributed by atoms with Crippen LogP contribution in [0.5, 0.6) is 5.75 Å². The van der Waals surface area contributed by atoms with E-state index in [-0.39, 0.29) is 29.5 Å². The lowest BCUT2D eigenvalue weighted by Gasteiger charge is -2.04. The van der Waals surface area contributed by atoms with Crippen molar-refractivity contribution in [3.05, 3.63) is 29.3 Å². The maximum Gasteiger partial charge on any atom is 0.309 e. The predicted octanol–water partition coefficient (Wildman–Crippen LogP) is 1.31. The molecule has 0 aromatic heterocycles. The largest absolute Gasteiger partial charge is 0.507 e. The van der Waals surface area contributed by atoms with Crippen LogP contribution >= 0.6 is 0 Å². The number of hydrogen-bond acceptors (Lipinski definition) is 4. The van der Waals surface area contributed by atoms with E-state index in [1.165, 1.54) is 26.2 Å². The van der Waals surface area contributed by atoms with E-state index in [9.17, 15) is 14.7 Å². The average Bonchev–Trinajstić information content (AvgIpc) is 2.17. The van der Waals surface area contributed by atoms with Crippen LogP contribution in [0, 0.1) is 0 Å². The molecule has 1 aromatic carbocycles. The molecule has 0 fully saturated rings. The van der Waals surface area contributed by atoms with Gasteiger partial charge in [-0.2, -0.15) is 0 Å². The molecule has 4 nitrogen and oxygen atoms in total. The number of aromatic hydroxyl groups is 1. The van der Waals surface area contributed by atoms with E-state index in [0.29, 0.717) is 5.56 Å². The van der Waals surface area contributed by atoms with Crippen molar-refractivity contribution in [3.63, 3.8) is 0 Å². The number of esters is 1. The molecule has 0 bridgehead atoms. The van der Waals surface area contributed by atoms with Crippen molar-refractivity contribution >= 4 is 11.8 Å². The summed E-state index contributed by atoms with van der Waals surface area (Å²) in [4.78, 5) is 21.9. The third-order valence-electron chi connectivity index (χ3n) is 2.02. The molecule has 0 aliphatic heterocycles. The standard InChI is InChI=1S/C11H12O4/c1-7(12)9-4-3-8(5-10(9)13)6-11(14)15-2/h3-5,13H,6H2,1-2H3. The number of hydrogen-bond donors (Lipinski definition) is 1. The molecule has 1 rings (SSSR count). The van der Waals surface area contributed by atoms with E-state index in [1.54, 1.807) is 6.07 Å². The molecule has 0 saturated heterocycles. The Morgan fingerprint density at radius 1 is 1.40 bits per heavy atom. The number of ether oxygens (including phenoxy) is 1. The molecule has 0 radical (unpaired) electrons. The first-order valence-corrected chi connectivity index (χ1v) is 4.44. The van der Waals surface area contributed by atoms with Crippen LogP contribution in [0.2, 0.25) is 0 Å². The second-order valence-electron chi connectivity index (χ2n) is 3.16. The number of rotatable bonds is 3. The maximum atomic E-state index is 11.0. The Morgan fingerprint density at radius 3 is 2.53 bits per heavy atom. The third kappa shape index (κ3) is 2.80. The number of phenols is 1. The lowest BCUT2D eigenvalue weighted by molar-refractivity contribution is -0.139. The van der Waals surface area contributed by atoms with Crippen molar-refractivity contribution in [1.82, 2.24) is 0 Å². The topological polar surface area (TPSA) is 63.6 Å². The quantitative estimate of drug-likeness (QED) is 0.601. The first-order valence-electron chi connectivity index (χ1n) is 4.44. The van der Waals surface area contributed by atoms with Crippen LogP contribution in [0.25, 0.3) is 0 Å². The SMILES string of the molecule is COC(=O)Cc1ccc(C(C)=O)c(O)c1.